The molecule has 58 valence electrons. The van der Waals surface area contributed by atoms with E-state index >= 15 is 0 Å². The van der Waals surface area contributed by atoms with E-state index in [9.17, 15) is 0 Å². The van der Waals surface area contributed by atoms with Gasteiger partial charge in [0.25, 0.3) is 0 Å². The maximum atomic E-state index is 6.06. The molecule has 0 saturated carbocycles. The van der Waals surface area contributed by atoms with E-state index in [2.05, 4.69) is 13.8 Å². The second kappa shape index (κ2) is 3.43. The van der Waals surface area contributed by atoms with Crippen LogP contribution in [0, 0.1) is 5.92 Å². The van der Waals surface area contributed by atoms with Crippen LogP contribution < -0.4 is 0 Å². The molecule has 0 aromatic carbocycles. The van der Waals surface area contributed by atoms with Crippen molar-refractivity contribution in [2.24, 2.45) is 5.92 Å². The normalized spacial score (nSPS) is 27.3. The average molecular weight is 159 g/mol. The van der Waals surface area contributed by atoms with Crippen molar-refractivity contribution in [3.05, 3.63) is 10.6 Å². The van der Waals surface area contributed by atoms with Crippen LogP contribution in [0.5, 0.6) is 0 Å². The highest BCUT2D eigenvalue weighted by Crippen LogP contribution is 2.32. The van der Waals surface area contributed by atoms with Crippen LogP contribution in [0.15, 0.2) is 10.6 Å². The summed E-state index contributed by atoms with van der Waals surface area (Å²) in [6.07, 6.45) is 4.83. The van der Waals surface area contributed by atoms with E-state index in [1.165, 1.54) is 18.4 Å². The van der Waals surface area contributed by atoms with E-state index in [0.29, 0.717) is 0 Å². The van der Waals surface area contributed by atoms with Gasteiger partial charge in [-0.2, -0.15) is 0 Å². The molecule has 10 heavy (non-hydrogen) atoms. The molecule has 0 aliphatic heterocycles. The summed E-state index contributed by atoms with van der Waals surface area (Å²) < 4.78 is 0. The summed E-state index contributed by atoms with van der Waals surface area (Å²) in [6, 6.07) is 0. The summed E-state index contributed by atoms with van der Waals surface area (Å²) in [4.78, 5) is 0. The Morgan fingerprint density at radius 1 is 1.60 bits per heavy atom. The van der Waals surface area contributed by atoms with Crippen molar-refractivity contribution < 1.29 is 0 Å². The van der Waals surface area contributed by atoms with E-state index in [4.69, 9.17) is 11.6 Å². The first kappa shape index (κ1) is 8.13. The van der Waals surface area contributed by atoms with E-state index in [-0.39, 0.29) is 0 Å². The maximum absolute atomic E-state index is 6.06. The predicted octanol–water partition coefficient (Wildman–Crippen LogP) is 3.71. The molecule has 0 radical (unpaired) electrons. The van der Waals surface area contributed by atoms with E-state index < -0.39 is 0 Å². The molecule has 0 unspecified atom stereocenters. The van der Waals surface area contributed by atoms with Crippen LogP contribution in [0.3, 0.4) is 0 Å². The second-order valence-electron chi connectivity index (χ2n) is 3.21. The number of hydrogen-bond acceptors (Lipinski definition) is 0. The third-order valence-corrected chi connectivity index (χ3v) is 2.70. The van der Waals surface area contributed by atoms with Crippen molar-refractivity contribution in [3.8, 4) is 0 Å². The lowest BCUT2D eigenvalue weighted by Crippen LogP contribution is -2.03. The summed E-state index contributed by atoms with van der Waals surface area (Å²) >= 11 is 6.06. The molecule has 0 fully saturated rings. The number of halogens is 1. The zero-order chi connectivity index (χ0) is 7.56. The maximum Gasteiger partial charge on any atom is 0.0175 e. The molecule has 1 aliphatic rings. The Hall–Kier alpha value is 0.0300. The average Bonchev–Trinajstić information content (AvgIpc) is 1.88. The van der Waals surface area contributed by atoms with Gasteiger partial charge in [0.15, 0.2) is 0 Å². The van der Waals surface area contributed by atoms with Crippen molar-refractivity contribution in [1.29, 1.82) is 0 Å². The molecule has 0 amide bonds. The Labute approximate surface area is 68.3 Å². The third kappa shape index (κ3) is 1.76. The van der Waals surface area contributed by atoms with E-state index in [1.807, 2.05) is 0 Å². The standard InChI is InChI=1S/C9H15Cl/c1-3-8-5-4-7(2)6-9(8)10/h7H,3-6H2,1-2H3/t7-/m1/s1. The fourth-order valence-corrected chi connectivity index (χ4v) is 1.97. The minimum absolute atomic E-state index is 0.808. The van der Waals surface area contributed by atoms with Crippen molar-refractivity contribution in [2.45, 2.75) is 39.5 Å². The molecule has 0 aromatic heterocycles. The Balaban J connectivity index is 2.61. The molecule has 0 N–H and O–H groups in total. The zero-order valence-corrected chi connectivity index (χ0v) is 7.54. The first-order valence-electron chi connectivity index (χ1n) is 4.10. The molecular formula is C9H15Cl. The van der Waals surface area contributed by atoms with Gasteiger partial charge in [-0.05, 0) is 31.6 Å². The van der Waals surface area contributed by atoms with Crippen LogP contribution in [-0.2, 0) is 0 Å². The lowest BCUT2D eigenvalue weighted by molar-refractivity contribution is 0.502. The van der Waals surface area contributed by atoms with Gasteiger partial charge in [0.05, 0.1) is 0 Å². The number of hydrogen-bond donors (Lipinski definition) is 0. The Morgan fingerprint density at radius 2 is 2.30 bits per heavy atom. The number of rotatable bonds is 1. The second-order valence-corrected chi connectivity index (χ2v) is 3.67. The molecule has 0 heterocycles. The molecule has 1 atom stereocenters. The molecule has 0 bridgehead atoms. The molecule has 1 heteroatoms. The van der Waals surface area contributed by atoms with Crippen LogP contribution in [0.4, 0.5) is 0 Å². The van der Waals surface area contributed by atoms with Gasteiger partial charge in [0.1, 0.15) is 0 Å². The minimum Gasteiger partial charge on any atom is -0.0892 e. The largest absolute Gasteiger partial charge is 0.0892 e. The van der Waals surface area contributed by atoms with Crippen molar-refractivity contribution in [3.63, 3.8) is 0 Å². The van der Waals surface area contributed by atoms with E-state index in [0.717, 1.165) is 23.8 Å². The fraction of sp³-hybridized carbons (Fsp3) is 0.778. The highest BCUT2D eigenvalue weighted by Gasteiger charge is 2.14. The first-order valence-corrected chi connectivity index (χ1v) is 4.48. The molecule has 1 rings (SSSR count). The quantitative estimate of drug-likeness (QED) is 0.546. The molecular weight excluding hydrogens is 144 g/mol. The SMILES string of the molecule is CCC1=C(Cl)C[C@H](C)CC1. The minimum atomic E-state index is 0.808. The highest BCUT2D eigenvalue weighted by atomic mass is 35.5. The van der Waals surface area contributed by atoms with Gasteiger partial charge in [-0.1, -0.05) is 31.0 Å². The lowest BCUT2D eigenvalue weighted by atomic mass is 9.90. The van der Waals surface area contributed by atoms with Crippen molar-refractivity contribution in [1.82, 2.24) is 0 Å². The van der Waals surface area contributed by atoms with Crippen LogP contribution in [0.25, 0.3) is 0 Å². The van der Waals surface area contributed by atoms with E-state index in [1.54, 1.807) is 0 Å². The van der Waals surface area contributed by atoms with Crippen molar-refractivity contribution in [2.75, 3.05) is 0 Å². The zero-order valence-electron chi connectivity index (χ0n) is 6.78. The molecule has 0 aromatic rings. The van der Waals surface area contributed by atoms with Crippen LogP contribution in [-0.4, -0.2) is 0 Å². The Bertz CT molecular complexity index is 147. The number of allylic oxidation sites excluding steroid dienone is 2. The monoisotopic (exact) mass is 158 g/mol. The van der Waals surface area contributed by atoms with Gasteiger partial charge in [0, 0.05) is 5.03 Å². The van der Waals surface area contributed by atoms with Crippen molar-refractivity contribution >= 4 is 11.6 Å². The Kier molecular flexibility index (Phi) is 2.79. The van der Waals surface area contributed by atoms with Crippen LogP contribution in [0.2, 0.25) is 0 Å². The summed E-state index contributed by atoms with van der Waals surface area (Å²) in [5.74, 6) is 0.808. The summed E-state index contributed by atoms with van der Waals surface area (Å²) in [5, 5.41) is 1.14. The fourth-order valence-electron chi connectivity index (χ4n) is 1.48. The van der Waals surface area contributed by atoms with Gasteiger partial charge in [-0.25, -0.2) is 0 Å². The van der Waals surface area contributed by atoms with Crippen LogP contribution in [0.1, 0.15) is 39.5 Å². The predicted molar refractivity (Wildman–Crippen MR) is 46.2 cm³/mol. The van der Waals surface area contributed by atoms with Crippen LogP contribution >= 0.6 is 11.6 Å². The molecule has 0 saturated heterocycles. The lowest BCUT2D eigenvalue weighted by Gasteiger charge is -2.20. The molecule has 1 aliphatic carbocycles. The highest BCUT2D eigenvalue weighted by molar-refractivity contribution is 6.30. The van der Waals surface area contributed by atoms with Gasteiger partial charge < -0.3 is 0 Å². The Morgan fingerprint density at radius 3 is 2.80 bits per heavy atom. The smallest absolute Gasteiger partial charge is 0.0175 e. The third-order valence-electron chi connectivity index (χ3n) is 2.28. The first-order chi connectivity index (χ1) is 4.74. The van der Waals surface area contributed by atoms with Gasteiger partial charge in [-0.3, -0.25) is 0 Å². The van der Waals surface area contributed by atoms with Gasteiger partial charge >= 0.3 is 0 Å². The van der Waals surface area contributed by atoms with Gasteiger partial charge in [0.2, 0.25) is 0 Å². The summed E-state index contributed by atoms with van der Waals surface area (Å²) in [7, 11) is 0. The molecule has 0 nitrogen and oxygen atoms in total. The summed E-state index contributed by atoms with van der Waals surface area (Å²) in [5.41, 5.74) is 1.49. The summed E-state index contributed by atoms with van der Waals surface area (Å²) in [6.45, 7) is 4.46. The molecule has 0 spiro atoms. The van der Waals surface area contributed by atoms with Gasteiger partial charge in [-0.15, -0.1) is 0 Å². The topological polar surface area (TPSA) is 0 Å².